The number of hydrogen-bond acceptors (Lipinski definition) is 8. The number of phosphoric ester groups is 1. The Bertz CT molecular complexity index is 1220. The predicted octanol–water partition coefficient (Wildman–Crippen LogP) is 12.5. The second kappa shape index (κ2) is 43.9. The smallest absolute Gasteiger partial charge is 0.457 e. The number of ether oxygens (including phenoxy) is 2. The number of carbonyl (C=O) groups excluding carboxylic acids is 1. The van der Waals surface area contributed by atoms with E-state index < -0.39 is 45.8 Å². The Morgan fingerprint density at radius 1 is 0.534 bits per heavy atom. The summed E-state index contributed by atoms with van der Waals surface area (Å²) < 4.78 is 33.3. The van der Waals surface area contributed by atoms with Gasteiger partial charge in [0, 0.05) is 13.0 Å². The number of aliphatic hydroxyl groups excluding tert-OH is 2. The average molecular weight is 833 g/mol. The molecule has 0 saturated heterocycles. The van der Waals surface area contributed by atoms with Crippen molar-refractivity contribution in [2.24, 2.45) is 0 Å². The van der Waals surface area contributed by atoms with Crippen molar-refractivity contribution in [1.29, 1.82) is 0 Å². The van der Waals surface area contributed by atoms with Gasteiger partial charge in [-0.25, -0.2) is 4.57 Å². The molecule has 0 saturated carbocycles. The SMILES string of the molecule is CC/C=C\C/C=C\C/C=C\C/C=C\CCCCCCCCCCCCCOCC(COP(=O)(O)OCC(O)CO)OC(=O)CC/C=C\C/C=C\C/C=C\C/C=C\CC. The fourth-order valence-electron chi connectivity index (χ4n) is 5.48. The van der Waals surface area contributed by atoms with E-state index in [1.54, 1.807) is 0 Å². The highest BCUT2D eigenvalue weighted by atomic mass is 31.2. The number of aliphatic hydroxyl groups is 2. The first-order valence-electron chi connectivity index (χ1n) is 22.2. The lowest BCUT2D eigenvalue weighted by Gasteiger charge is -2.20. The van der Waals surface area contributed by atoms with Crippen molar-refractivity contribution in [2.45, 2.75) is 167 Å². The van der Waals surface area contributed by atoms with Crippen LogP contribution in [0.15, 0.2) is 97.2 Å². The quantitative estimate of drug-likeness (QED) is 0.0238. The Morgan fingerprint density at radius 2 is 0.931 bits per heavy atom. The summed E-state index contributed by atoms with van der Waals surface area (Å²) in [6.07, 6.45) is 55.4. The molecule has 0 rings (SSSR count). The van der Waals surface area contributed by atoms with Gasteiger partial charge < -0.3 is 24.6 Å². The first kappa shape index (κ1) is 55.4. The van der Waals surface area contributed by atoms with Crippen LogP contribution in [-0.2, 0) is 27.9 Å². The highest BCUT2D eigenvalue weighted by Gasteiger charge is 2.26. The number of phosphoric acid groups is 1. The minimum Gasteiger partial charge on any atom is -0.457 e. The van der Waals surface area contributed by atoms with E-state index in [-0.39, 0.29) is 13.0 Å². The lowest BCUT2D eigenvalue weighted by atomic mass is 10.1. The molecule has 0 aromatic carbocycles. The van der Waals surface area contributed by atoms with Crippen LogP contribution < -0.4 is 0 Å². The van der Waals surface area contributed by atoms with Gasteiger partial charge in [0.1, 0.15) is 12.2 Å². The molecule has 0 amide bonds. The molecule has 0 aliphatic heterocycles. The van der Waals surface area contributed by atoms with Gasteiger partial charge in [-0.15, -0.1) is 0 Å². The summed E-state index contributed by atoms with van der Waals surface area (Å²) in [5, 5.41) is 18.3. The van der Waals surface area contributed by atoms with Crippen LogP contribution >= 0.6 is 7.82 Å². The third kappa shape index (κ3) is 43.0. The van der Waals surface area contributed by atoms with Crippen LogP contribution in [0.2, 0.25) is 0 Å². The predicted molar refractivity (Wildman–Crippen MR) is 242 cm³/mol. The zero-order chi connectivity index (χ0) is 42.5. The maximum atomic E-state index is 12.6. The van der Waals surface area contributed by atoms with Crippen molar-refractivity contribution < 1.29 is 43.0 Å². The Morgan fingerprint density at radius 3 is 1.40 bits per heavy atom. The Kier molecular flexibility index (Phi) is 42.0. The van der Waals surface area contributed by atoms with Crippen LogP contribution in [0.3, 0.4) is 0 Å². The topological polar surface area (TPSA) is 132 Å². The largest absolute Gasteiger partial charge is 0.472 e. The molecule has 0 aromatic heterocycles. The Balaban J connectivity index is 4.17. The van der Waals surface area contributed by atoms with Gasteiger partial charge >= 0.3 is 13.8 Å². The summed E-state index contributed by atoms with van der Waals surface area (Å²) in [4.78, 5) is 22.5. The normalized spacial score (nSPS) is 14.9. The molecule has 332 valence electrons. The van der Waals surface area contributed by atoms with E-state index in [1.165, 1.54) is 57.8 Å². The summed E-state index contributed by atoms with van der Waals surface area (Å²) in [7, 11) is -4.54. The molecule has 3 unspecified atom stereocenters. The molecule has 9 nitrogen and oxygen atoms in total. The van der Waals surface area contributed by atoms with Crippen molar-refractivity contribution in [3.63, 3.8) is 0 Å². The van der Waals surface area contributed by atoms with Crippen LogP contribution in [0.1, 0.15) is 155 Å². The molecule has 10 heteroatoms. The number of rotatable bonds is 41. The van der Waals surface area contributed by atoms with E-state index in [0.29, 0.717) is 13.0 Å². The fraction of sp³-hybridized carbons (Fsp3) is 0.646. The zero-order valence-electron chi connectivity index (χ0n) is 36.2. The molecule has 0 fully saturated rings. The van der Waals surface area contributed by atoms with Crippen molar-refractivity contribution in [2.75, 3.05) is 33.0 Å². The van der Waals surface area contributed by atoms with Gasteiger partial charge in [0.2, 0.25) is 0 Å². The summed E-state index contributed by atoms with van der Waals surface area (Å²) >= 11 is 0. The fourth-order valence-corrected chi connectivity index (χ4v) is 6.27. The highest BCUT2D eigenvalue weighted by Crippen LogP contribution is 2.43. The van der Waals surface area contributed by atoms with E-state index in [4.69, 9.17) is 23.6 Å². The molecule has 3 atom stereocenters. The van der Waals surface area contributed by atoms with Crippen LogP contribution in [0.4, 0.5) is 0 Å². The standard InChI is InChI=1S/C48H81O9P/c1-3-5-7-9-11-13-15-17-18-19-20-21-22-23-24-25-26-27-29-31-33-35-37-39-41-54-44-47(45-56-58(52,53)55-43-46(50)42-49)57-48(51)40-38-36-34-32-30-28-16-14-12-10-8-6-4-2/h5-8,11-14,17-18,20-21,28,30,34,36,46-47,49-50H,3-4,9-10,15-16,19,22-27,29,31-33,35,37-45H2,1-2H3,(H,52,53)/b7-5-,8-6-,13-11-,14-12-,18-17-,21-20-,30-28-,36-34-. The molecular weight excluding hydrogens is 751 g/mol. The van der Waals surface area contributed by atoms with Gasteiger partial charge in [-0.3, -0.25) is 13.8 Å². The first-order chi connectivity index (χ1) is 28.3. The third-order valence-corrected chi connectivity index (χ3v) is 9.73. The second-order valence-corrected chi connectivity index (χ2v) is 15.8. The van der Waals surface area contributed by atoms with Crippen molar-refractivity contribution >= 4 is 13.8 Å². The van der Waals surface area contributed by atoms with Crippen LogP contribution in [0, 0.1) is 0 Å². The van der Waals surface area contributed by atoms with Crippen LogP contribution in [0.25, 0.3) is 0 Å². The summed E-state index contributed by atoms with van der Waals surface area (Å²) in [5.41, 5.74) is 0. The minimum atomic E-state index is -4.54. The van der Waals surface area contributed by atoms with E-state index in [9.17, 15) is 19.4 Å². The Hall–Kier alpha value is -2.62. The molecule has 0 aliphatic carbocycles. The summed E-state index contributed by atoms with van der Waals surface area (Å²) in [5.74, 6) is -0.467. The van der Waals surface area contributed by atoms with E-state index in [0.717, 1.165) is 70.6 Å². The van der Waals surface area contributed by atoms with Gasteiger partial charge in [0.05, 0.1) is 26.4 Å². The summed E-state index contributed by atoms with van der Waals surface area (Å²) in [6, 6.07) is 0. The van der Waals surface area contributed by atoms with Gasteiger partial charge in [-0.05, 0) is 77.0 Å². The summed E-state index contributed by atoms with van der Waals surface area (Å²) in [6.45, 7) is 3.16. The molecule has 0 aliphatic rings. The van der Waals surface area contributed by atoms with Gasteiger partial charge in [-0.1, -0.05) is 169 Å². The lowest BCUT2D eigenvalue weighted by molar-refractivity contribution is -0.154. The molecule has 0 heterocycles. The molecular formula is C48H81O9P. The number of unbranched alkanes of at least 4 members (excludes halogenated alkanes) is 11. The molecule has 58 heavy (non-hydrogen) atoms. The third-order valence-electron chi connectivity index (χ3n) is 8.78. The maximum absolute atomic E-state index is 12.6. The Labute approximate surface area is 353 Å². The first-order valence-corrected chi connectivity index (χ1v) is 23.7. The molecule has 0 bridgehead atoms. The zero-order valence-corrected chi connectivity index (χ0v) is 37.1. The van der Waals surface area contributed by atoms with Crippen molar-refractivity contribution in [3.8, 4) is 0 Å². The van der Waals surface area contributed by atoms with Crippen molar-refractivity contribution in [3.05, 3.63) is 97.2 Å². The molecule has 3 N–H and O–H groups in total. The number of esters is 1. The van der Waals surface area contributed by atoms with Crippen LogP contribution in [-0.4, -0.2) is 66.3 Å². The van der Waals surface area contributed by atoms with Gasteiger partial charge in [0.15, 0.2) is 0 Å². The molecule has 0 aromatic rings. The van der Waals surface area contributed by atoms with E-state index >= 15 is 0 Å². The van der Waals surface area contributed by atoms with Gasteiger partial charge in [-0.2, -0.15) is 0 Å². The number of carbonyl (C=O) groups is 1. The molecule has 0 radical (unpaired) electrons. The molecule has 0 spiro atoms. The van der Waals surface area contributed by atoms with E-state index in [2.05, 4.69) is 98.9 Å². The minimum absolute atomic E-state index is 0.0123. The lowest BCUT2D eigenvalue weighted by Crippen LogP contribution is -2.29. The maximum Gasteiger partial charge on any atom is 0.472 e. The highest BCUT2D eigenvalue weighted by molar-refractivity contribution is 7.47. The average Bonchev–Trinajstić information content (AvgIpc) is 3.21. The van der Waals surface area contributed by atoms with Crippen LogP contribution in [0.5, 0.6) is 0 Å². The number of allylic oxidation sites excluding steroid dienone is 16. The van der Waals surface area contributed by atoms with Gasteiger partial charge in [0.25, 0.3) is 0 Å². The number of hydrogen-bond donors (Lipinski definition) is 3. The van der Waals surface area contributed by atoms with E-state index in [1.807, 2.05) is 12.2 Å². The monoisotopic (exact) mass is 833 g/mol. The second-order valence-electron chi connectivity index (χ2n) is 14.3. The van der Waals surface area contributed by atoms with Crippen molar-refractivity contribution in [1.82, 2.24) is 0 Å².